The Morgan fingerprint density at radius 1 is 1.26 bits per heavy atom. The van der Waals surface area contributed by atoms with Gasteiger partial charge in [-0.25, -0.2) is 18.7 Å². The largest absolute Gasteiger partial charge is 0.484 e. The quantitative estimate of drug-likeness (QED) is 0.441. The Labute approximate surface area is 197 Å². The zero-order valence-corrected chi connectivity index (χ0v) is 19.5. The van der Waals surface area contributed by atoms with Gasteiger partial charge in [0.15, 0.2) is 23.4 Å². The topological polar surface area (TPSA) is 112 Å². The molecule has 0 unspecified atom stereocenters. The summed E-state index contributed by atoms with van der Waals surface area (Å²) in [6.07, 6.45) is 1.70. The van der Waals surface area contributed by atoms with Crippen molar-refractivity contribution >= 4 is 23.4 Å². The number of aliphatic imine (C=N–C) groups is 1. The number of hydrogen-bond acceptors (Lipinski definition) is 7. The Bertz CT molecular complexity index is 1080. The van der Waals surface area contributed by atoms with E-state index in [1.54, 1.807) is 23.1 Å². The summed E-state index contributed by atoms with van der Waals surface area (Å²) in [5.74, 6) is -1.65. The van der Waals surface area contributed by atoms with Gasteiger partial charge in [0.05, 0.1) is 37.4 Å². The lowest BCUT2D eigenvalue weighted by Gasteiger charge is -2.41. The summed E-state index contributed by atoms with van der Waals surface area (Å²) < 4.78 is 33.6. The highest BCUT2D eigenvalue weighted by Crippen LogP contribution is 2.40. The van der Waals surface area contributed by atoms with Crippen LogP contribution in [0.5, 0.6) is 0 Å². The fourth-order valence-electron chi connectivity index (χ4n) is 4.10. The van der Waals surface area contributed by atoms with E-state index in [0.29, 0.717) is 31.5 Å². The van der Waals surface area contributed by atoms with E-state index in [9.17, 15) is 18.7 Å². The highest BCUT2D eigenvalue weighted by atomic mass is 19.1. The molecule has 1 aliphatic rings. The number of nitrogens with one attached hydrogen (secondary N) is 1. The van der Waals surface area contributed by atoms with Gasteiger partial charge < -0.3 is 20.2 Å². The van der Waals surface area contributed by atoms with Crippen LogP contribution in [0, 0.1) is 28.4 Å². The Balaban J connectivity index is 1.73. The molecule has 1 aromatic carbocycles. The molecule has 0 amide bonds. The smallest absolute Gasteiger partial charge is 0.310 e. The third kappa shape index (κ3) is 5.37. The number of aromatic nitrogens is 2. The first-order valence-electron chi connectivity index (χ1n) is 11.1. The SMILES string of the molecule is COC(CC(=N)c1ncc(F)c(N2CCC(C(=O)O)(C(C)C)CC2)n1)=NCc1ccccc1F. The van der Waals surface area contributed by atoms with Crippen LogP contribution in [-0.4, -0.2) is 52.9 Å². The molecule has 1 aromatic heterocycles. The van der Waals surface area contributed by atoms with Crippen molar-refractivity contribution in [2.45, 2.75) is 39.7 Å². The number of rotatable bonds is 8. The van der Waals surface area contributed by atoms with E-state index in [1.807, 2.05) is 13.8 Å². The fraction of sp³-hybridized carbons (Fsp3) is 0.458. The normalized spacial score (nSPS) is 15.9. The first-order chi connectivity index (χ1) is 16.2. The predicted molar refractivity (Wildman–Crippen MR) is 124 cm³/mol. The summed E-state index contributed by atoms with van der Waals surface area (Å²) >= 11 is 0. The van der Waals surface area contributed by atoms with Crippen molar-refractivity contribution in [3.8, 4) is 0 Å². The second-order valence-corrected chi connectivity index (χ2v) is 8.63. The summed E-state index contributed by atoms with van der Waals surface area (Å²) in [6.45, 7) is 4.48. The first-order valence-corrected chi connectivity index (χ1v) is 11.1. The molecule has 0 radical (unpaired) electrons. The van der Waals surface area contributed by atoms with Gasteiger partial charge in [0, 0.05) is 18.7 Å². The van der Waals surface area contributed by atoms with Crippen LogP contribution in [0.1, 0.15) is 44.5 Å². The van der Waals surface area contributed by atoms with E-state index in [4.69, 9.17) is 10.1 Å². The van der Waals surface area contributed by atoms with Gasteiger partial charge in [-0.05, 0) is 24.8 Å². The van der Waals surface area contributed by atoms with Gasteiger partial charge in [0.25, 0.3) is 0 Å². The lowest BCUT2D eigenvalue weighted by Crippen LogP contribution is -2.47. The number of nitrogens with zero attached hydrogens (tertiary/aromatic N) is 4. The molecule has 0 bridgehead atoms. The summed E-state index contributed by atoms with van der Waals surface area (Å²) in [5, 5.41) is 18.1. The minimum atomic E-state index is -0.850. The third-order valence-corrected chi connectivity index (χ3v) is 6.43. The lowest BCUT2D eigenvalue weighted by molar-refractivity contribution is -0.153. The number of methoxy groups -OCH3 is 1. The molecule has 10 heteroatoms. The molecule has 3 rings (SSSR count). The summed E-state index contributed by atoms with van der Waals surface area (Å²) in [4.78, 5) is 26.0. The van der Waals surface area contributed by atoms with Crippen LogP contribution in [0.25, 0.3) is 0 Å². The predicted octanol–water partition coefficient (Wildman–Crippen LogP) is 4.09. The molecular weight excluding hydrogens is 444 g/mol. The zero-order valence-electron chi connectivity index (χ0n) is 19.5. The number of carboxylic acid groups (broad SMARTS) is 1. The molecule has 34 heavy (non-hydrogen) atoms. The second kappa shape index (κ2) is 10.7. The summed E-state index contributed by atoms with van der Waals surface area (Å²) in [6, 6.07) is 6.25. The molecular formula is C24H29F2N5O3. The second-order valence-electron chi connectivity index (χ2n) is 8.63. The number of aliphatic carboxylic acids is 1. The number of piperidine rings is 1. The van der Waals surface area contributed by atoms with Crippen LogP contribution in [0.2, 0.25) is 0 Å². The molecule has 0 saturated carbocycles. The molecule has 0 spiro atoms. The number of ether oxygens (including phenoxy) is 1. The van der Waals surface area contributed by atoms with E-state index in [-0.39, 0.29) is 48.0 Å². The van der Waals surface area contributed by atoms with E-state index in [1.165, 1.54) is 13.2 Å². The number of halogens is 2. The van der Waals surface area contributed by atoms with Crippen LogP contribution < -0.4 is 4.90 Å². The molecule has 182 valence electrons. The standard InChI is InChI=1S/C24H29F2N5O3/c1-15(2)24(23(32)33)8-10-31(11-9-24)22-18(26)14-29-21(30-22)19(27)12-20(34-3)28-13-16-6-4-5-7-17(16)25/h4-7,14-15,27H,8-13H2,1-3H3,(H,32,33). The molecule has 8 nitrogen and oxygen atoms in total. The van der Waals surface area contributed by atoms with Gasteiger partial charge >= 0.3 is 5.97 Å². The number of carbonyl (C=O) groups is 1. The number of hydrogen-bond donors (Lipinski definition) is 2. The Kier molecular flexibility index (Phi) is 7.90. The molecule has 2 heterocycles. The van der Waals surface area contributed by atoms with Crippen LogP contribution in [0.15, 0.2) is 35.5 Å². The van der Waals surface area contributed by atoms with Crippen molar-refractivity contribution in [1.29, 1.82) is 5.41 Å². The molecule has 0 atom stereocenters. The minimum Gasteiger partial charge on any atom is -0.484 e. The van der Waals surface area contributed by atoms with Crippen molar-refractivity contribution in [1.82, 2.24) is 9.97 Å². The molecule has 2 N–H and O–H groups in total. The van der Waals surface area contributed by atoms with Crippen molar-refractivity contribution in [2.24, 2.45) is 16.3 Å². The van der Waals surface area contributed by atoms with E-state index < -0.39 is 17.2 Å². The van der Waals surface area contributed by atoms with Crippen molar-refractivity contribution in [3.63, 3.8) is 0 Å². The minimum absolute atomic E-state index is 0.0194. The van der Waals surface area contributed by atoms with E-state index in [0.717, 1.165) is 6.20 Å². The number of anilines is 1. The van der Waals surface area contributed by atoms with Gasteiger partial charge in [-0.2, -0.15) is 0 Å². The monoisotopic (exact) mass is 473 g/mol. The van der Waals surface area contributed by atoms with Crippen molar-refractivity contribution in [3.05, 3.63) is 53.5 Å². The Morgan fingerprint density at radius 2 is 1.94 bits per heavy atom. The van der Waals surface area contributed by atoms with Crippen LogP contribution >= 0.6 is 0 Å². The average molecular weight is 474 g/mol. The van der Waals surface area contributed by atoms with Gasteiger partial charge in [-0.1, -0.05) is 32.0 Å². The average Bonchev–Trinajstić information content (AvgIpc) is 2.82. The van der Waals surface area contributed by atoms with Crippen molar-refractivity contribution < 1.29 is 23.4 Å². The highest BCUT2D eigenvalue weighted by Gasteiger charge is 2.44. The van der Waals surface area contributed by atoms with E-state index >= 15 is 0 Å². The Morgan fingerprint density at radius 3 is 2.53 bits per heavy atom. The highest BCUT2D eigenvalue weighted by molar-refractivity contribution is 6.07. The van der Waals surface area contributed by atoms with E-state index in [2.05, 4.69) is 15.0 Å². The molecule has 1 fully saturated rings. The molecule has 1 aliphatic heterocycles. The maximum absolute atomic E-state index is 14.6. The van der Waals surface area contributed by atoms with Gasteiger partial charge in [0.1, 0.15) is 5.82 Å². The number of carboxylic acids is 1. The molecule has 0 aliphatic carbocycles. The lowest BCUT2D eigenvalue weighted by atomic mass is 9.70. The van der Waals surface area contributed by atoms with Crippen LogP contribution in [-0.2, 0) is 16.1 Å². The fourth-order valence-corrected chi connectivity index (χ4v) is 4.10. The first kappa shape index (κ1) is 25.2. The summed E-state index contributed by atoms with van der Waals surface area (Å²) in [5.41, 5.74) is -0.486. The maximum Gasteiger partial charge on any atom is 0.310 e. The van der Waals surface area contributed by atoms with Gasteiger partial charge in [0.2, 0.25) is 0 Å². The summed E-state index contributed by atoms with van der Waals surface area (Å²) in [7, 11) is 1.40. The molecule has 2 aromatic rings. The Hall–Kier alpha value is -3.43. The van der Waals surface area contributed by atoms with Crippen molar-refractivity contribution in [2.75, 3.05) is 25.1 Å². The molecule has 1 saturated heterocycles. The number of benzene rings is 1. The van der Waals surface area contributed by atoms with Crippen LogP contribution in [0.3, 0.4) is 0 Å². The third-order valence-electron chi connectivity index (χ3n) is 6.43. The zero-order chi connectivity index (χ0) is 24.9. The van der Waals surface area contributed by atoms with Gasteiger partial charge in [-0.3, -0.25) is 9.79 Å². The van der Waals surface area contributed by atoms with Crippen LogP contribution in [0.4, 0.5) is 14.6 Å². The van der Waals surface area contributed by atoms with Gasteiger partial charge in [-0.15, -0.1) is 0 Å². The maximum atomic E-state index is 14.6.